The molecule has 0 spiro atoms. The van der Waals surface area contributed by atoms with E-state index in [1.807, 2.05) is 0 Å². The van der Waals surface area contributed by atoms with Crippen LogP contribution >= 0.6 is 34.8 Å². The van der Waals surface area contributed by atoms with Gasteiger partial charge in [0.1, 0.15) is 11.0 Å². The van der Waals surface area contributed by atoms with Gasteiger partial charge in [0.2, 0.25) is 0 Å². The molecule has 0 aliphatic heterocycles. The number of benzene rings is 1. The van der Waals surface area contributed by atoms with Gasteiger partial charge in [-0.15, -0.1) is 0 Å². The van der Waals surface area contributed by atoms with Crippen LogP contribution in [0.3, 0.4) is 0 Å². The molecule has 0 saturated carbocycles. The summed E-state index contributed by atoms with van der Waals surface area (Å²) in [6.45, 7) is 1.70. The molecular formula is C13H8Cl3FN2O. The van der Waals surface area contributed by atoms with Crippen LogP contribution in [0.4, 0.5) is 10.1 Å². The van der Waals surface area contributed by atoms with Gasteiger partial charge >= 0.3 is 0 Å². The molecule has 0 atom stereocenters. The normalized spacial score (nSPS) is 10.4. The van der Waals surface area contributed by atoms with Gasteiger partial charge in [-0.3, -0.25) is 4.79 Å². The molecule has 1 N–H and O–H groups in total. The van der Waals surface area contributed by atoms with Crippen LogP contribution in [0, 0.1) is 12.7 Å². The highest BCUT2D eigenvalue weighted by molar-refractivity contribution is 6.35. The summed E-state index contributed by atoms with van der Waals surface area (Å²) in [4.78, 5) is 15.9. The van der Waals surface area contributed by atoms with Crippen LogP contribution in [0.1, 0.15) is 15.9 Å². The number of pyridine rings is 1. The first-order valence-electron chi connectivity index (χ1n) is 5.47. The van der Waals surface area contributed by atoms with Crippen molar-refractivity contribution < 1.29 is 9.18 Å². The Balaban J connectivity index is 2.35. The number of nitrogens with one attached hydrogen (secondary N) is 1. The topological polar surface area (TPSA) is 42.0 Å². The van der Waals surface area contributed by atoms with Crippen LogP contribution in [0.2, 0.25) is 15.3 Å². The van der Waals surface area contributed by atoms with Gasteiger partial charge in [-0.05, 0) is 36.8 Å². The van der Waals surface area contributed by atoms with E-state index < -0.39 is 11.7 Å². The molecule has 2 aromatic rings. The maximum Gasteiger partial charge on any atom is 0.258 e. The number of carbonyl (C=O) groups is 1. The lowest BCUT2D eigenvalue weighted by molar-refractivity contribution is 0.102. The lowest BCUT2D eigenvalue weighted by atomic mass is 10.2. The van der Waals surface area contributed by atoms with Crippen LogP contribution in [-0.2, 0) is 0 Å². The summed E-state index contributed by atoms with van der Waals surface area (Å²) in [5, 5.41) is 3.00. The molecule has 104 valence electrons. The number of hydrogen-bond donors (Lipinski definition) is 1. The monoisotopic (exact) mass is 332 g/mol. The predicted molar refractivity (Wildman–Crippen MR) is 78.4 cm³/mol. The number of rotatable bonds is 2. The molecule has 0 fully saturated rings. The molecule has 0 saturated heterocycles. The molecular weight excluding hydrogens is 326 g/mol. The Morgan fingerprint density at radius 3 is 2.60 bits per heavy atom. The molecule has 1 amide bonds. The second kappa shape index (κ2) is 5.95. The van der Waals surface area contributed by atoms with Crippen LogP contribution < -0.4 is 5.32 Å². The van der Waals surface area contributed by atoms with Crippen molar-refractivity contribution in [2.45, 2.75) is 6.92 Å². The number of nitrogens with zero attached hydrogens (tertiary/aromatic N) is 1. The van der Waals surface area contributed by atoms with Gasteiger partial charge < -0.3 is 5.32 Å². The smallest absolute Gasteiger partial charge is 0.258 e. The third kappa shape index (κ3) is 3.20. The summed E-state index contributed by atoms with van der Waals surface area (Å²) in [5.74, 6) is -1.35. The van der Waals surface area contributed by atoms with Gasteiger partial charge in [-0.2, -0.15) is 0 Å². The van der Waals surface area contributed by atoms with Crippen molar-refractivity contribution in [3.8, 4) is 0 Å². The zero-order chi connectivity index (χ0) is 14.9. The van der Waals surface area contributed by atoms with E-state index >= 15 is 0 Å². The molecule has 1 aromatic heterocycles. The van der Waals surface area contributed by atoms with Crippen molar-refractivity contribution >= 4 is 46.4 Å². The maximum absolute atomic E-state index is 13.6. The summed E-state index contributed by atoms with van der Waals surface area (Å²) < 4.78 is 13.6. The van der Waals surface area contributed by atoms with Crippen LogP contribution in [0.15, 0.2) is 24.3 Å². The first kappa shape index (κ1) is 15.0. The minimum atomic E-state index is -0.678. The Morgan fingerprint density at radius 2 is 1.95 bits per heavy atom. The number of hydrogen-bond acceptors (Lipinski definition) is 2. The third-order valence-electron chi connectivity index (χ3n) is 2.55. The molecule has 0 radical (unpaired) electrons. The van der Waals surface area contributed by atoms with E-state index in [1.54, 1.807) is 6.92 Å². The van der Waals surface area contributed by atoms with E-state index in [4.69, 9.17) is 34.8 Å². The van der Waals surface area contributed by atoms with Crippen molar-refractivity contribution in [2.75, 3.05) is 5.32 Å². The quantitative estimate of drug-likeness (QED) is 0.806. The fourth-order valence-electron chi connectivity index (χ4n) is 1.60. The SMILES string of the molecule is Cc1cc(Cl)nc(Cl)c1NC(=O)c1cc(Cl)ccc1F. The minimum Gasteiger partial charge on any atom is -0.319 e. The van der Waals surface area contributed by atoms with Crippen LogP contribution in [0.25, 0.3) is 0 Å². The Kier molecular flexibility index (Phi) is 4.48. The highest BCUT2D eigenvalue weighted by atomic mass is 35.5. The molecule has 7 heteroatoms. The molecule has 3 nitrogen and oxygen atoms in total. The van der Waals surface area contributed by atoms with E-state index in [-0.39, 0.29) is 26.6 Å². The summed E-state index contributed by atoms with van der Waals surface area (Å²) in [6.07, 6.45) is 0. The average molecular weight is 334 g/mol. The second-order valence-corrected chi connectivity index (χ2v) is 5.19. The number of aryl methyl sites for hydroxylation is 1. The largest absolute Gasteiger partial charge is 0.319 e. The number of carbonyl (C=O) groups excluding carboxylic acids is 1. The van der Waals surface area contributed by atoms with Gasteiger partial charge in [0.15, 0.2) is 5.15 Å². The highest BCUT2D eigenvalue weighted by Crippen LogP contribution is 2.27. The van der Waals surface area contributed by atoms with E-state index in [9.17, 15) is 9.18 Å². The van der Waals surface area contributed by atoms with Crippen molar-refractivity contribution in [2.24, 2.45) is 0 Å². The van der Waals surface area contributed by atoms with E-state index in [0.29, 0.717) is 5.56 Å². The third-order valence-corrected chi connectivity index (χ3v) is 3.25. The van der Waals surface area contributed by atoms with Crippen molar-refractivity contribution in [3.63, 3.8) is 0 Å². The lowest BCUT2D eigenvalue weighted by Crippen LogP contribution is -2.15. The fraction of sp³-hybridized carbons (Fsp3) is 0.0769. The van der Waals surface area contributed by atoms with Crippen molar-refractivity contribution in [1.29, 1.82) is 0 Å². The zero-order valence-electron chi connectivity index (χ0n) is 10.2. The molecule has 0 aliphatic rings. The average Bonchev–Trinajstić information content (AvgIpc) is 2.36. The maximum atomic E-state index is 13.6. The van der Waals surface area contributed by atoms with Gasteiger partial charge in [0, 0.05) is 5.02 Å². The van der Waals surface area contributed by atoms with E-state index in [1.165, 1.54) is 18.2 Å². The second-order valence-electron chi connectivity index (χ2n) is 4.01. The number of amides is 1. The standard InChI is InChI=1S/C13H8Cl3FN2O/c1-6-4-10(15)18-12(16)11(6)19-13(20)8-5-7(14)2-3-9(8)17/h2-5H,1H3,(H,19,20). The first-order chi connectivity index (χ1) is 9.38. The van der Waals surface area contributed by atoms with Gasteiger partial charge in [0.05, 0.1) is 11.3 Å². The molecule has 2 rings (SSSR count). The van der Waals surface area contributed by atoms with Gasteiger partial charge in [-0.25, -0.2) is 9.37 Å². The first-order valence-corrected chi connectivity index (χ1v) is 6.61. The molecule has 0 bridgehead atoms. The predicted octanol–water partition coefficient (Wildman–Crippen LogP) is 4.74. The molecule has 20 heavy (non-hydrogen) atoms. The molecule has 1 aromatic carbocycles. The van der Waals surface area contributed by atoms with Crippen LogP contribution in [0.5, 0.6) is 0 Å². The fourth-order valence-corrected chi connectivity index (χ4v) is 2.35. The Bertz CT molecular complexity index is 668. The number of aromatic nitrogens is 1. The summed E-state index contributed by atoms with van der Waals surface area (Å²) in [5.41, 5.74) is 0.717. The summed E-state index contributed by atoms with van der Waals surface area (Å²) in [7, 11) is 0. The summed E-state index contributed by atoms with van der Waals surface area (Å²) >= 11 is 17.4. The highest BCUT2D eigenvalue weighted by Gasteiger charge is 2.16. The van der Waals surface area contributed by atoms with Crippen LogP contribution in [-0.4, -0.2) is 10.9 Å². The molecule has 0 aliphatic carbocycles. The Labute approximate surface area is 129 Å². The Hall–Kier alpha value is -1.36. The lowest BCUT2D eigenvalue weighted by Gasteiger charge is -2.10. The van der Waals surface area contributed by atoms with Gasteiger partial charge in [-0.1, -0.05) is 34.8 Å². The molecule has 1 heterocycles. The van der Waals surface area contributed by atoms with Gasteiger partial charge in [0.25, 0.3) is 5.91 Å². The number of anilines is 1. The van der Waals surface area contributed by atoms with Crippen molar-refractivity contribution in [1.82, 2.24) is 4.98 Å². The van der Waals surface area contributed by atoms with Crippen molar-refractivity contribution in [3.05, 3.63) is 56.5 Å². The summed E-state index contributed by atoms with van der Waals surface area (Å²) in [6, 6.07) is 5.25. The van der Waals surface area contributed by atoms with E-state index in [0.717, 1.165) is 6.07 Å². The zero-order valence-corrected chi connectivity index (χ0v) is 12.4. The molecule has 0 unspecified atom stereocenters. The Morgan fingerprint density at radius 1 is 1.25 bits per heavy atom. The number of halogens is 4. The minimum absolute atomic E-state index is 0.0331. The van der Waals surface area contributed by atoms with E-state index in [2.05, 4.69) is 10.3 Å².